The van der Waals surface area contributed by atoms with Gasteiger partial charge in [-0.15, -0.1) is 0 Å². The number of hydrogen-bond acceptors (Lipinski definition) is 6. The summed E-state index contributed by atoms with van der Waals surface area (Å²) in [6.45, 7) is 6.53. The number of allylic oxidation sites excluding steroid dienone is 16. The van der Waals surface area contributed by atoms with Gasteiger partial charge in [0.25, 0.3) is 0 Å². The van der Waals surface area contributed by atoms with Gasteiger partial charge in [-0.25, -0.2) is 0 Å². The molecule has 0 aliphatic carbocycles. The monoisotopic (exact) mass is 1060 g/mol. The molecule has 6 heteroatoms. The normalized spacial score (nSPS) is 12.7. The van der Waals surface area contributed by atoms with Crippen LogP contribution in [0, 0.1) is 0 Å². The molecule has 0 amide bonds. The highest BCUT2D eigenvalue weighted by molar-refractivity contribution is 5.71. The molecule has 1 unspecified atom stereocenters. The quantitative estimate of drug-likeness (QED) is 0.0261. The van der Waals surface area contributed by atoms with Crippen molar-refractivity contribution >= 4 is 17.9 Å². The number of rotatable bonds is 58. The van der Waals surface area contributed by atoms with Crippen molar-refractivity contribution in [3.05, 3.63) is 97.2 Å². The van der Waals surface area contributed by atoms with Crippen molar-refractivity contribution in [1.29, 1.82) is 0 Å². The highest BCUT2D eigenvalue weighted by atomic mass is 16.6. The molecule has 6 nitrogen and oxygen atoms in total. The summed E-state index contributed by atoms with van der Waals surface area (Å²) < 4.78 is 16.9. The van der Waals surface area contributed by atoms with Gasteiger partial charge in [0.2, 0.25) is 0 Å². The van der Waals surface area contributed by atoms with Gasteiger partial charge in [0.1, 0.15) is 13.2 Å². The average molecular weight is 1060 g/mol. The Morgan fingerprint density at radius 2 is 0.513 bits per heavy atom. The molecule has 0 radical (unpaired) electrons. The van der Waals surface area contributed by atoms with Crippen LogP contribution in [0.3, 0.4) is 0 Å². The van der Waals surface area contributed by atoms with Crippen LogP contribution in [0.4, 0.5) is 0 Å². The standard InChI is InChI=1S/C70H120O6/c1-4-7-10-13-16-19-21-23-25-26-27-28-29-30-31-32-33-34-35-36-37-38-39-40-41-42-43-44-45-47-48-51-54-57-60-63-69(72)75-66-67(65-74-68(71)62-59-56-53-50-18-15-12-9-6-3)76-70(73)64-61-58-55-52-49-46-24-22-20-17-14-11-8-5-2/h7,10,16,19,23,25,27-28,30-31,33-34,36-37,39-40,67H,4-6,8-9,11-15,17-18,20-22,24,26,29,32,35,38,41-66H2,1-3H3/b10-7-,19-16-,25-23-,28-27-,31-30-,34-33-,37-36-,40-39-. The second kappa shape index (κ2) is 63.9. The third-order valence-corrected chi connectivity index (χ3v) is 13.9. The van der Waals surface area contributed by atoms with E-state index in [0.717, 1.165) is 109 Å². The minimum Gasteiger partial charge on any atom is -0.462 e. The summed E-state index contributed by atoms with van der Waals surface area (Å²) in [5.74, 6) is -0.870. The van der Waals surface area contributed by atoms with Gasteiger partial charge in [-0.05, 0) is 83.5 Å². The summed E-state index contributed by atoms with van der Waals surface area (Å²) in [4.78, 5) is 38.1. The second-order valence-corrected chi connectivity index (χ2v) is 21.3. The number of ether oxygens (including phenoxy) is 3. The fourth-order valence-electron chi connectivity index (χ4n) is 9.05. The van der Waals surface area contributed by atoms with Gasteiger partial charge in [0.15, 0.2) is 6.10 Å². The minimum atomic E-state index is -0.773. The topological polar surface area (TPSA) is 78.9 Å². The predicted octanol–water partition coefficient (Wildman–Crippen LogP) is 22.0. The van der Waals surface area contributed by atoms with Gasteiger partial charge in [-0.3, -0.25) is 14.4 Å². The zero-order chi connectivity index (χ0) is 55.0. The van der Waals surface area contributed by atoms with E-state index in [9.17, 15) is 14.4 Å². The Morgan fingerprint density at radius 3 is 0.803 bits per heavy atom. The summed E-state index contributed by atoms with van der Waals surface area (Å²) in [5, 5.41) is 0. The lowest BCUT2D eigenvalue weighted by Crippen LogP contribution is -2.30. The molecular weight excluding hydrogens is 937 g/mol. The summed E-state index contributed by atoms with van der Waals surface area (Å²) >= 11 is 0. The Bertz CT molecular complexity index is 1490. The average Bonchev–Trinajstić information content (AvgIpc) is 3.42. The Labute approximate surface area is 470 Å². The highest BCUT2D eigenvalue weighted by Gasteiger charge is 2.19. The first-order chi connectivity index (χ1) is 37.5. The van der Waals surface area contributed by atoms with Crippen molar-refractivity contribution in [3.8, 4) is 0 Å². The SMILES string of the molecule is CC/C=C\C/C=C\C/C=C\C/C=C\C/C=C\C/C=C\C/C=C\C/C=C\CCCCCCCCCCCCC(=O)OCC(COC(=O)CCCCCCCCCCC)OC(=O)CCCCCCCCCCCCCCCC. The molecule has 0 aromatic heterocycles. The lowest BCUT2D eigenvalue weighted by atomic mass is 10.0. The van der Waals surface area contributed by atoms with Crippen LogP contribution in [-0.2, 0) is 28.6 Å². The van der Waals surface area contributed by atoms with Crippen LogP contribution in [-0.4, -0.2) is 37.2 Å². The molecular formula is C70H120O6. The molecule has 0 fully saturated rings. The van der Waals surface area contributed by atoms with E-state index in [0.29, 0.717) is 19.3 Å². The molecule has 0 heterocycles. The van der Waals surface area contributed by atoms with E-state index in [1.807, 2.05) is 0 Å². The Kier molecular flexibility index (Phi) is 60.8. The van der Waals surface area contributed by atoms with E-state index in [1.54, 1.807) is 0 Å². The first-order valence-electron chi connectivity index (χ1n) is 32.2. The van der Waals surface area contributed by atoms with Gasteiger partial charge in [0.05, 0.1) is 0 Å². The van der Waals surface area contributed by atoms with Crippen LogP contribution in [0.25, 0.3) is 0 Å². The lowest BCUT2D eigenvalue weighted by molar-refractivity contribution is -0.167. The molecule has 76 heavy (non-hydrogen) atoms. The van der Waals surface area contributed by atoms with Crippen molar-refractivity contribution < 1.29 is 28.6 Å². The highest BCUT2D eigenvalue weighted by Crippen LogP contribution is 2.16. The molecule has 0 aliphatic rings. The molecule has 0 aliphatic heterocycles. The van der Waals surface area contributed by atoms with Crippen LogP contribution in [0.2, 0.25) is 0 Å². The van der Waals surface area contributed by atoms with Gasteiger partial charge >= 0.3 is 17.9 Å². The molecule has 0 saturated carbocycles. The van der Waals surface area contributed by atoms with Crippen LogP contribution in [0.5, 0.6) is 0 Å². The van der Waals surface area contributed by atoms with E-state index in [4.69, 9.17) is 14.2 Å². The fraction of sp³-hybridized carbons (Fsp3) is 0.729. The molecule has 0 aromatic carbocycles. The van der Waals surface area contributed by atoms with Crippen LogP contribution in [0.15, 0.2) is 97.2 Å². The Hall–Kier alpha value is -3.67. The molecule has 436 valence electrons. The molecule has 0 saturated heterocycles. The van der Waals surface area contributed by atoms with Crippen molar-refractivity contribution in [2.24, 2.45) is 0 Å². The van der Waals surface area contributed by atoms with Gasteiger partial charge < -0.3 is 14.2 Å². The van der Waals surface area contributed by atoms with Crippen molar-refractivity contribution in [1.82, 2.24) is 0 Å². The van der Waals surface area contributed by atoms with E-state index in [-0.39, 0.29) is 31.1 Å². The largest absolute Gasteiger partial charge is 0.462 e. The minimum absolute atomic E-state index is 0.0732. The maximum atomic E-state index is 12.8. The number of esters is 3. The molecule has 0 aromatic rings. The van der Waals surface area contributed by atoms with E-state index < -0.39 is 6.10 Å². The van der Waals surface area contributed by atoms with Gasteiger partial charge in [0, 0.05) is 19.3 Å². The molecule has 0 N–H and O–H groups in total. The molecule has 1 atom stereocenters. The first-order valence-corrected chi connectivity index (χ1v) is 32.2. The second-order valence-electron chi connectivity index (χ2n) is 21.3. The third-order valence-electron chi connectivity index (χ3n) is 13.9. The number of unbranched alkanes of at least 4 members (excludes halogenated alkanes) is 31. The van der Waals surface area contributed by atoms with Crippen LogP contribution in [0.1, 0.15) is 310 Å². The van der Waals surface area contributed by atoms with Crippen LogP contribution >= 0.6 is 0 Å². The third kappa shape index (κ3) is 61.2. The molecule has 0 spiro atoms. The molecule has 0 bridgehead atoms. The van der Waals surface area contributed by atoms with E-state index in [1.165, 1.54) is 161 Å². The zero-order valence-electron chi connectivity index (χ0n) is 50.0. The maximum Gasteiger partial charge on any atom is 0.306 e. The van der Waals surface area contributed by atoms with Crippen molar-refractivity contribution in [2.45, 2.75) is 316 Å². The van der Waals surface area contributed by atoms with Crippen molar-refractivity contribution in [3.63, 3.8) is 0 Å². The summed E-state index contributed by atoms with van der Waals surface area (Å²) in [6.07, 6.45) is 85.7. The first kappa shape index (κ1) is 72.3. The van der Waals surface area contributed by atoms with E-state index in [2.05, 4.69) is 118 Å². The Balaban J connectivity index is 4.11. The number of hydrogen-bond donors (Lipinski definition) is 0. The summed E-state index contributed by atoms with van der Waals surface area (Å²) in [7, 11) is 0. The smallest absolute Gasteiger partial charge is 0.306 e. The Morgan fingerprint density at radius 1 is 0.276 bits per heavy atom. The van der Waals surface area contributed by atoms with Gasteiger partial charge in [-0.2, -0.15) is 0 Å². The number of carbonyl (C=O) groups excluding carboxylic acids is 3. The van der Waals surface area contributed by atoms with E-state index >= 15 is 0 Å². The zero-order valence-corrected chi connectivity index (χ0v) is 50.0. The predicted molar refractivity (Wildman–Crippen MR) is 330 cm³/mol. The fourth-order valence-corrected chi connectivity index (χ4v) is 9.05. The number of carbonyl (C=O) groups is 3. The summed E-state index contributed by atoms with van der Waals surface area (Å²) in [5.41, 5.74) is 0. The van der Waals surface area contributed by atoms with Crippen molar-refractivity contribution in [2.75, 3.05) is 13.2 Å². The lowest BCUT2D eigenvalue weighted by Gasteiger charge is -2.18. The summed E-state index contributed by atoms with van der Waals surface area (Å²) in [6, 6.07) is 0. The molecule has 0 rings (SSSR count). The van der Waals surface area contributed by atoms with Crippen LogP contribution < -0.4 is 0 Å². The maximum absolute atomic E-state index is 12.8. The van der Waals surface area contributed by atoms with Gasteiger partial charge in [-0.1, -0.05) is 304 Å².